The van der Waals surface area contributed by atoms with Crippen LogP contribution in [0.15, 0.2) is 0 Å². The molecule has 1 saturated heterocycles. The van der Waals surface area contributed by atoms with E-state index in [4.69, 9.17) is 10.8 Å². The first kappa shape index (κ1) is 32.7. The second kappa shape index (κ2) is 17.2. The third-order valence-electron chi connectivity index (χ3n) is 8.12. The van der Waals surface area contributed by atoms with E-state index in [9.17, 15) is 29.1 Å². The molecule has 2 aliphatic rings. The molecule has 0 aromatic rings. The second-order valence-corrected chi connectivity index (χ2v) is 11.1. The maximum atomic E-state index is 13.5. The summed E-state index contributed by atoms with van der Waals surface area (Å²) < 4.78 is 0. The molecule has 0 spiro atoms. The molecular weight excluding hydrogens is 504 g/mol. The van der Waals surface area contributed by atoms with E-state index in [1.165, 1.54) is 4.90 Å². The summed E-state index contributed by atoms with van der Waals surface area (Å²) in [5.41, 5.74) is 5.83. The van der Waals surface area contributed by atoms with Crippen molar-refractivity contribution < 1.29 is 34.2 Å². The standard InChI is InChI=1S/C28H48N4O7/c1-2-31(24(33)12-8-11-20-13-15-30-16-14-20)19-25(34)32(27(37)22(29)18-26(35)36)23(28(38)39)17-21-9-6-4-3-5-7-10-21/h20-23,30H,2-19,29H2,1H3,(H,35,36)(H,38,39)/t22-,23-/m0/s1. The molecule has 0 aromatic heterocycles. The van der Waals surface area contributed by atoms with Gasteiger partial charge in [-0.15, -0.1) is 0 Å². The van der Waals surface area contributed by atoms with Crippen LogP contribution in [0.25, 0.3) is 0 Å². The number of rotatable bonds is 14. The van der Waals surface area contributed by atoms with Crippen LogP contribution in [0.3, 0.4) is 0 Å². The molecular formula is C28H48N4O7. The van der Waals surface area contributed by atoms with Crippen molar-refractivity contribution in [3.8, 4) is 0 Å². The minimum Gasteiger partial charge on any atom is -0.481 e. The Hall–Kier alpha value is -2.53. The molecule has 1 aliphatic heterocycles. The number of nitrogens with one attached hydrogen (secondary N) is 1. The van der Waals surface area contributed by atoms with Gasteiger partial charge in [-0.3, -0.25) is 24.1 Å². The molecule has 11 nitrogen and oxygen atoms in total. The van der Waals surface area contributed by atoms with Crippen molar-refractivity contribution in [1.82, 2.24) is 15.1 Å². The molecule has 0 unspecified atom stereocenters. The average molecular weight is 553 g/mol. The topological polar surface area (TPSA) is 170 Å². The summed E-state index contributed by atoms with van der Waals surface area (Å²) in [6.45, 7) is 3.45. The molecule has 0 bridgehead atoms. The predicted molar refractivity (Wildman–Crippen MR) is 146 cm³/mol. The van der Waals surface area contributed by atoms with Crippen molar-refractivity contribution in [2.75, 3.05) is 26.2 Å². The van der Waals surface area contributed by atoms with Gasteiger partial charge in [-0.25, -0.2) is 4.79 Å². The van der Waals surface area contributed by atoms with Crippen molar-refractivity contribution in [3.63, 3.8) is 0 Å². The van der Waals surface area contributed by atoms with Crippen molar-refractivity contribution in [2.24, 2.45) is 17.6 Å². The zero-order valence-electron chi connectivity index (χ0n) is 23.4. The van der Waals surface area contributed by atoms with E-state index >= 15 is 0 Å². The highest BCUT2D eigenvalue weighted by Crippen LogP contribution is 2.28. The minimum atomic E-state index is -1.57. The number of carbonyl (C=O) groups is 5. The Morgan fingerprint density at radius 3 is 2.08 bits per heavy atom. The molecule has 2 fully saturated rings. The fourth-order valence-electron chi connectivity index (χ4n) is 5.80. The Balaban J connectivity index is 2.15. The first-order chi connectivity index (χ1) is 18.6. The normalized spacial score (nSPS) is 18.8. The third kappa shape index (κ3) is 11.2. The van der Waals surface area contributed by atoms with Gasteiger partial charge in [-0.1, -0.05) is 44.9 Å². The Bertz CT molecular complexity index is 823. The lowest BCUT2D eigenvalue weighted by atomic mass is 9.86. The summed E-state index contributed by atoms with van der Waals surface area (Å²) in [6, 6.07) is -3.04. The molecule has 39 heavy (non-hydrogen) atoms. The SMILES string of the molecule is CCN(CC(=O)N(C(=O)[C@@H](N)CC(=O)O)[C@@H](CC1CCCCCCC1)C(=O)O)C(=O)CCCC1CCNCC1. The smallest absolute Gasteiger partial charge is 0.326 e. The molecule has 5 N–H and O–H groups in total. The molecule has 11 heteroatoms. The average Bonchev–Trinajstić information content (AvgIpc) is 2.87. The van der Waals surface area contributed by atoms with Crippen LogP contribution in [0.4, 0.5) is 0 Å². The number of piperidine rings is 1. The van der Waals surface area contributed by atoms with Crippen LogP contribution in [0.2, 0.25) is 0 Å². The summed E-state index contributed by atoms with van der Waals surface area (Å²) in [4.78, 5) is 65.3. The van der Waals surface area contributed by atoms with Gasteiger partial charge in [0.05, 0.1) is 12.5 Å². The van der Waals surface area contributed by atoms with E-state index in [1.54, 1.807) is 6.92 Å². The van der Waals surface area contributed by atoms with Crippen LogP contribution in [-0.4, -0.2) is 87.9 Å². The van der Waals surface area contributed by atoms with Crippen LogP contribution >= 0.6 is 0 Å². The Morgan fingerprint density at radius 2 is 1.51 bits per heavy atom. The minimum absolute atomic E-state index is 0.0177. The first-order valence-electron chi connectivity index (χ1n) is 14.7. The highest BCUT2D eigenvalue weighted by atomic mass is 16.4. The largest absolute Gasteiger partial charge is 0.481 e. The quantitative estimate of drug-likeness (QED) is 0.252. The number of hydrogen-bond acceptors (Lipinski definition) is 7. The molecule has 2 atom stereocenters. The van der Waals surface area contributed by atoms with Crippen LogP contribution < -0.4 is 11.1 Å². The van der Waals surface area contributed by atoms with E-state index in [2.05, 4.69) is 5.32 Å². The van der Waals surface area contributed by atoms with Crippen molar-refractivity contribution in [2.45, 2.75) is 109 Å². The number of carboxylic acids is 2. The molecule has 0 radical (unpaired) electrons. The van der Waals surface area contributed by atoms with Crippen molar-refractivity contribution >= 4 is 29.7 Å². The van der Waals surface area contributed by atoms with Gasteiger partial charge in [-0.05, 0) is 64.0 Å². The van der Waals surface area contributed by atoms with Crippen LogP contribution in [0, 0.1) is 11.8 Å². The van der Waals surface area contributed by atoms with Gasteiger partial charge in [0, 0.05) is 13.0 Å². The zero-order chi connectivity index (χ0) is 28.8. The van der Waals surface area contributed by atoms with Gasteiger partial charge in [0.15, 0.2) is 0 Å². The maximum absolute atomic E-state index is 13.5. The molecule has 1 saturated carbocycles. The van der Waals surface area contributed by atoms with Crippen molar-refractivity contribution in [3.05, 3.63) is 0 Å². The van der Waals surface area contributed by atoms with Crippen LogP contribution in [-0.2, 0) is 24.0 Å². The number of hydrogen-bond donors (Lipinski definition) is 4. The summed E-state index contributed by atoms with van der Waals surface area (Å²) in [6.07, 6.45) is 10.2. The van der Waals surface area contributed by atoms with Crippen LogP contribution in [0.5, 0.6) is 0 Å². The number of aliphatic carboxylic acids is 2. The van der Waals surface area contributed by atoms with E-state index in [0.717, 1.165) is 77.3 Å². The number of nitrogens with two attached hydrogens (primary N) is 1. The third-order valence-corrected chi connectivity index (χ3v) is 8.12. The fraction of sp³-hybridized carbons (Fsp3) is 0.821. The fourth-order valence-corrected chi connectivity index (χ4v) is 5.80. The second-order valence-electron chi connectivity index (χ2n) is 11.1. The highest BCUT2D eigenvalue weighted by Gasteiger charge is 2.39. The van der Waals surface area contributed by atoms with E-state index in [0.29, 0.717) is 17.2 Å². The summed E-state index contributed by atoms with van der Waals surface area (Å²) in [5.74, 6) is -4.17. The van der Waals surface area contributed by atoms with Gasteiger partial charge in [0.25, 0.3) is 0 Å². The molecule has 222 valence electrons. The highest BCUT2D eigenvalue weighted by molar-refractivity contribution is 6.03. The van der Waals surface area contributed by atoms with Gasteiger partial charge in [0.2, 0.25) is 17.7 Å². The number of carbonyl (C=O) groups excluding carboxylic acids is 3. The van der Waals surface area contributed by atoms with Gasteiger partial charge in [0.1, 0.15) is 12.6 Å². The lowest BCUT2D eigenvalue weighted by molar-refractivity contribution is -0.161. The van der Waals surface area contributed by atoms with E-state index < -0.39 is 48.8 Å². The lowest BCUT2D eigenvalue weighted by Crippen LogP contribution is -2.57. The van der Waals surface area contributed by atoms with Gasteiger partial charge in [-0.2, -0.15) is 0 Å². The number of carboxylic acid groups (broad SMARTS) is 2. The molecule has 2 rings (SSSR count). The molecule has 1 heterocycles. The monoisotopic (exact) mass is 552 g/mol. The van der Waals surface area contributed by atoms with Gasteiger partial charge < -0.3 is 26.2 Å². The number of amides is 3. The Labute approximate surface area is 231 Å². The summed E-state index contributed by atoms with van der Waals surface area (Å²) in [7, 11) is 0. The van der Waals surface area contributed by atoms with Crippen LogP contribution in [0.1, 0.15) is 96.8 Å². The van der Waals surface area contributed by atoms with E-state index in [-0.39, 0.29) is 31.2 Å². The number of likely N-dealkylation sites (N-methyl/N-ethyl adjacent to an activating group) is 1. The Kier molecular flexibility index (Phi) is 14.4. The maximum Gasteiger partial charge on any atom is 0.326 e. The number of nitrogens with zero attached hydrogens (tertiary/aromatic N) is 2. The summed E-state index contributed by atoms with van der Waals surface area (Å²) >= 11 is 0. The first-order valence-corrected chi connectivity index (χ1v) is 14.7. The molecule has 3 amide bonds. The number of imide groups is 1. The van der Waals surface area contributed by atoms with Gasteiger partial charge >= 0.3 is 11.9 Å². The molecule has 1 aliphatic carbocycles. The van der Waals surface area contributed by atoms with E-state index in [1.807, 2.05) is 0 Å². The lowest BCUT2D eigenvalue weighted by Gasteiger charge is -2.33. The zero-order valence-corrected chi connectivity index (χ0v) is 23.4. The predicted octanol–water partition coefficient (Wildman–Crippen LogP) is 2.37. The Morgan fingerprint density at radius 1 is 0.897 bits per heavy atom. The summed E-state index contributed by atoms with van der Waals surface area (Å²) in [5, 5.41) is 22.6. The molecule has 0 aromatic carbocycles. The van der Waals surface area contributed by atoms with Crippen molar-refractivity contribution in [1.29, 1.82) is 0 Å².